The third-order valence-electron chi connectivity index (χ3n) is 3.16. The van der Waals surface area contributed by atoms with Crippen molar-refractivity contribution in [3.63, 3.8) is 0 Å². The van der Waals surface area contributed by atoms with Crippen molar-refractivity contribution in [3.8, 4) is 0 Å². The van der Waals surface area contributed by atoms with Gasteiger partial charge >= 0.3 is 0 Å². The normalized spacial score (nSPS) is 14.8. The Hall–Kier alpha value is -0.450. The zero-order valence-electron chi connectivity index (χ0n) is 11.4. The van der Waals surface area contributed by atoms with Crippen molar-refractivity contribution in [3.05, 3.63) is 16.1 Å². The summed E-state index contributed by atoms with van der Waals surface area (Å²) < 4.78 is 5.04. The Morgan fingerprint density at radius 3 is 2.82 bits per heavy atom. The second-order valence-electron chi connectivity index (χ2n) is 4.87. The smallest absolute Gasteiger partial charge is 0.0897 e. The molecule has 3 nitrogen and oxygen atoms in total. The van der Waals surface area contributed by atoms with Crippen molar-refractivity contribution >= 4 is 11.3 Å². The minimum Gasteiger partial charge on any atom is -0.383 e. The van der Waals surface area contributed by atoms with Crippen LogP contribution in [0.1, 0.15) is 31.0 Å². The molecule has 1 atom stereocenters. The fourth-order valence-electron chi connectivity index (χ4n) is 1.80. The number of hydrogen-bond acceptors (Lipinski definition) is 4. The maximum atomic E-state index is 5.04. The summed E-state index contributed by atoms with van der Waals surface area (Å²) in [4.78, 5) is 4.55. The van der Waals surface area contributed by atoms with Crippen LogP contribution in [-0.4, -0.2) is 31.8 Å². The van der Waals surface area contributed by atoms with Crippen molar-refractivity contribution in [2.24, 2.45) is 5.41 Å². The number of rotatable bonds is 8. The Morgan fingerprint density at radius 2 is 2.29 bits per heavy atom. The lowest BCUT2D eigenvalue weighted by Crippen LogP contribution is -2.35. The summed E-state index contributed by atoms with van der Waals surface area (Å²) in [5.74, 6) is 0. The standard InChI is InChI=1S/C13H24N2OS/c1-5-13(3,10-14-6-7-16-4)8-12-9-17-11(2)15-12/h9,14H,5-8,10H2,1-4H3. The molecule has 0 aliphatic carbocycles. The van der Waals surface area contributed by atoms with Gasteiger partial charge in [-0.1, -0.05) is 13.8 Å². The van der Waals surface area contributed by atoms with Crippen molar-refractivity contribution in [1.82, 2.24) is 10.3 Å². The molecule has 0 aliphatic rings. The van der Waals surface area contributed by atoms with Gasteiger partial charge in [-0.25, -0.2) is 4.98 Å². The number of hydrogen-bond donors (Lipinski definition) is 1. The van der Waals surface area contributed by atoms with E-state index in [4.69, 9.17) is 4.74 Å². The summed E-state index contributed by atoms with van der Waals surface area (Å²) in [5, 5.41) is 6.79. The van der Waals surface area contributed by atoms with Crippen molar-refractivity contribution in [1.29, 1.82) is 0 Å². The minimum atomic E-state index is 0.286. The molecule has 1 unspecified atom stereocenters. The van der Waals surface area contributed by atoms with Crippen LogP contribution in [0.5, 0.6) is 0 Å². The predicted molar refractivity (Wildman–Crippen MR) is 73.7 cm³/mol. The molecule has 1 heterocycles. The summed E-state index contributed by atoms with van der Waals surface area (Å²) >= 11 is 1.74. The van der Waals surface area contributed by atoms with Gasteiger partial charge in [-0.3, -0.25) is 0 Å². The molecule has 0 spiro atoms. The Kier molecular flexibility index (Phi) is 6.09. The van der Waals surface area contributed by atoms with Crippen LogP contribution in [0.15, 0.2) is 5.38 Å². The molecule has 0 bridgehead atoms. The van der Waals surface area contributed by atoms with E-state index in [-0.39, 0.29) is 5.41 Å². The van der Waals surface area contributed by atoms with E-state index in [2.05, 4.69) is 36.5 Å². The predicted octanol–water partition coefficient (Wildman–Crippen LogP) is 2.65. The van der Waals surface area contributed by atoms with Crippen LogP contribution in [0.25, 0.3) is 0 Å². The maximum absolute atomic E-state index is 5.04. The topological polar surface area (TPSA) is 34.1 Å². The first-order chi connectivity index (χ1) is 8.09. The van der Waals surface area contributed by atoms with Crippen LogP contribution in [0.3, 0.4) is 0 Å². The van der Waals surface area contributed by atoms with Gasteiger partial charge in [-0.05, 0) is 25.2 Å². The van der Waals surface area contributed by atoms with Crippen molar-refractivity contribution < 1.29 is 4.74 Å². The Bertz CT molecular complexity index is 327. The molecule has 98 valence electrons. The zero-order chi connectivity index (χ0) is 12.7. The van der Waals surface area contributed by atoms with Crippen LogP contribution in [0, 0.1) is 12.3 Å². The molecule has 1 aromatic heterocycles. The lowest BCUT2D eigenvalue weighted by Gasteiger charge is -2.28. The van der Waals surface area contributed by atoms with Gasteiger partial charge in [0.2, 0.25) is 0 Å². The van der Waals surface area contributed by atoms with E-state index in [1.807, 2.05) is 0 Å². The fourth-order valence-corrected chi connectivity index (χ4v) is 2.42. The SMILES string of the molecule is CCC(C)(CNCCOC)Cc1csc(C)n1. The number of aryl methyl sites for hydroxylation is 1. The van der Waals surface area contributed by atoms with Gasteiger partial charge < -0.3 is 10.1 Å². The third kappa shape index (κ3) is 5.15. The van der Waals surface area contributed by atoms with Crippen molar-refractivity contribution in [2.45, 2.75) is 33.6 Å². The molecular weight excluding hydrogens is 232 g/mol. The third-order valence-corrected chi connectivity index (χ3v) is 3.99. The lowest BCUT2D eigenvalue weighted by molar-refractivity contribution is 0.191. The van der Waals surface area contributed by atoms with Gasteiger partial charge in [-0.15, -0.1) is 11.3 Å². The van der Waals surface area contributed by atoms with E-state index in [1.165, 1.54) is 5.69 Å². The maximum Gasteiger partial charge on any atom is 0.0897 e. The molecule has 1 rings (SSSR count). The number of aromatic nitrogens is 1. The van der Waals surface area contributed by atoms with Gasteiger partial charge in [0.05, 0.1) is 17.3 Å². The summed E-state index contributed by atoms with van der Waals surface area (Å²) in [7, 11) is 1.73. The lowest BCUT2D eigenvalue weighted by atomic mass is 9.83. The average Bonchev–Trinajstić information content (AvgIpc) is 2.70. The molecule has 17 heavy (non-hydrogen) atoms. The van der Waals surface area contributed by atoms with E-state index in [9.17, 15) is 0 Å². The molecule has 0 radical (unpaired) electrons. The van der Waals surface area contributed by atoms with Gasteiger partial charge in [0.15, 0.2) is 0 Å². The second-order valence-corrected chi connectivity index (χ2v) is 5.93. The number of ether oxygens (including phenoxy) is 1. The van der Waals surface area contributed by atoms with Crippen LogP contribution in [0.2, 0.25) is 0 Å². The molecular formula is C13H24N2OS. The minimum absolute atomic E-state index is 0.286. The first kappa shape index (κ1) is 14.6. The summed E-state index contributed by atoms with van der Waals surface area (Å²) in [6.07, 6.45) is 2.21. The molecule has 0 amide bonds. The summed E-state index contributed by atoms with van der Waals surface area (Å²) in [5.41, 5.74) is 1.51. The monoisotopic (exact) mass is 256 g/mol. The second kappa shape index (κ2) is 7.09. The quantitative estimate of drug-likeness (QED) is 0.726. The molecule has 0 fully saturated rings. The number of nitrogens with zero attached hydrogens (tertiary/aromatic N) is 1. The first-order valence-corrected chi connectivity index (χ1v) is 7.08. The molecule has 4 heteroatoms. The first-order valence-electron chi connectivity index (χ1n) is 6.20. The van der Waals surface area contributed by atoms with Gasteiger partial charge in [0, 0.05) is 25.6 Å². The highest BCUT2D eigenvalue weighted by atomic mass is 32.1. The van der Waals surface area contributed by atoms with E-state index in [0.717, 1.165) is 37.5 Å². The molecule has 1 N–H and O–H groups in total. The Balaban J connectivity index is 2.44. The number of methoxy groups -OCH3 is 1. The van der Waals surface area contributed by atoms with E-state index in [0.29, 0.717) is 0 Å². The Labute approximate surface area is 109 Å². The van der Waals surface area contributed by atoms with Crippen LogP contribution in [-0.2, 0) is 11.2 Å². The fraction of sp³-hybridized carbons (Fsp3) is 0.769. The largest absolute Gasteiger partial charge is 0.383 e. The van der Waals surface area contributed by atoms with E-state index >= 15 is 0 Å². The number of nitrogens with one attached hydrogen (secondary N) is 1. The Morgan fingerprint density at radius 1 is 1.53 bits per heavy atom. The van der Waals surface area contributed by atoms with Crippen molar-refractivity contribution in [2.75, 3.05) is 26.8 Å². The van der Waals surface area contributed by atoms with Gasteiger partial charge in [0.25, 0.3) is 0 Å². The van der Waals surface area contributed by atoms with Crippen LogP contribution >= 0.6 is 11.3 Å². The molecule has 0 saturated carbocycles. The van der Waals surface area contributed by atoms with E-state index in [1.54, 1.807) is 18.4 Å². The zero-order valence-corrected chi connectivity index (χ0v) is 12.2. The molecule has 1 aromatic rings. The van der Waals surface area contributed by atoms with Gasteiger partial charge in [0.1, 0.15) is 0 Å². The number of thiazole rings is 1. The van der Waals surface area contributed by atoms with Crippen LogP contribution < -0.4 is 5.32 Å². The molecule has 0 aliphatic heterocycles. The van der Waals surface area contributed by atoms with Gasteiger partial charge in [-0.2, -0.15) is 0 Å². The summed E-state index contributed by atoms with van der Waals surface area (Å²) in [6.45, 7) is 9.34. The highest BCUT2D eigenvalue weighted by Gasteiger charge is 2.23. The average molecular weight is 256 g/mol. The molecule has 0 saturated heterocycles. The van der Waals surface area contributed by atoms with E-state index < -0.39 is 0 Å². The van der Waals surface area contributed by atoms with Crippen LogP contribution in [0.4, 0.5) is 0 Å². The highest BCUT2D eigenvalue weighted by molar-refractivity contribution is 7.09. The highest BCUT2D eigenvalue weighted by Crippen LogP contribution is 2.26. The molecule has 0 aromatic carbocycles. The summed E-state index contributed by atoms with van der Waals surface area (Å²) in [6, 6.07) is 0.